The van der Waals surface area contributed by atoms with Crippen molar-refractivity contribution in [3.63, 3.8) is 0 Å². The molecule has 1 aliphatic rings. The zero-order valence-electron chi connectivity index (χ0n) is 12.5. The van der Waals surface area contributed by atoms with E-state index in [1.807, 2.05) is 16.7 Å². The molecule has 0 unspecified atom stereocenters. The van der Waals surface area contributed by atoms with Gasteiger partial charge in [0.2, 0.25) is 5.43 Å². The van der Waals surface area contributed by atoms with Gasteiger partial charge in [-0.25, -0.2) is 4.79 Å². The van der Waals surface area contributed by atoms with E-state index in [4.69, 9.17) is 4.74 Å². The Morgan fingerprint density at radius 1 is 1.41 bits per heavy atom. The van der Waals surface area contributed by atoms with Gasteiger partial charge in [0.05, 0.1) is 17.5 Å². The molecule has 0 atom stereocenters. The number of carboxylic acid groups (broad SMARTS) is 1. The number of hydrogen-bond donors (Lipinski definition) is 1. The van der Waals surface area contributed by atoms with E-state index in [9.17, 15) is 14.7 Å². The Morgan fingerprint density at radius 3 is 2.82 bits per heavy atom. The van der Waals surface area contributed by atoms with E-state index >= 15 is 0 Å². The van der Waals surface area contributed by atoms with Gasteiger partial charge in [-0.15, -0.1) is 0 Å². The number of aromatic nitrogens is 1. The van der Waals surface area contributed by atoms with Gasteiger partial charge < -0.3 is 14.4 Å². The van der Waals surface area contributed by atoms with Crippen LogP contribution >= 0.6 is 0 Å². The molecule has 1 N–H and O–H groups in total. The topological polar surface area (TPSA) is 68.5 Å². The number of benzene rings is 1. The van der Waals surface area contributed by atoms with E-state index in [1.165, 1.54) is 6.20 Å². The lowest BCUT2D eigenvalue weighted by molar-refractivity contribution is 0.0695. The molecule has 0 radical (unpaired) electrons. The van der Waals surface area contributed by atoms with Crippen LogP contribution in [0.2, 0.25) is 0 Å². The number of unbranched alkanes of at least 4 members (excludes halogenated alkanes) is 1. The molecule has 0 bridgehead atoms. The Labute approximate surface area is 128 Å². The molecule has 1 aromatic heterocycles. The number of carboxylic acids is 1. The highest BCUT2D eigenvalue weighted by Gasteiger charge is 2.26. The molecule has 3 rings (SSSR count). The normalized spacial score (nSPS) is 14.2. The van der Waals surface area contributed by atoms with Crippen molar-refractivity contribution in [2.45, 2.75) is 38.6 Å². The Kier molecular flexibility index (Phi) is 3.88. The maximum atomic E-state index is 12.4. The molecule has 1 aromatic carbocycles. The van der Waals surface area contributed by atoms with Crippen LogP contribution in [0.3, 0.4) is 0 Å². The van der Waals surface area contributed by atoms with Crippen LogP contribution in [-0.2, 0) is 0 Å². The summed E-state index contributed by atoms with van der Waals surface area (Å²) >= 11 is 0. The third-order valence-corrected chi connectivity index (χ3v) is 3.94. The molecule has 1 fully saturated rings. The summed E-state index contributed by atoms with van der Waals surface area (Å²) in [6.07, 6.45) is 5.49. The quantitative estimate of drug-likeness (QED) is 0.832. The number of ether oxygens (including phenoxy) is 1. The number of pyridine rings is 1. The standard InChI is InChI=1S/C17H19NO4/c1-2-3-8-22-12-6-7-15-13(9-12)16(19)14(17(20)21)10-18(15)11-4-5-11/h6-7,9-11H,2-5,8H2,1H3,(H,20,21). The number of hydrogen-bond acceptors (Lipinski definition) is 3. The summed E-state index contributed by atoms with van der Waals surface area (Å²) in [6.45, 7) is 2.68. The lowest BCUT2D eigenvalue weighted by Crippen LogP contribution is -2.18. The minimum atomic E-state index is -1.18. The second-order valence-electron chi connectivity index (χ2n) is 5.70. The molecule has 0 aliphatic heterocycles. The average Bonchev–Trinajstić information content (AvgIpc) is 3.32. The van der Waals surface area contributed by atoms with Crippen molar-refractivity contribution in [2.24, 2.45) is 0 Å². The lowest BCUT2D eigenvalue weighted by Gasteiger charge is -2.13. The predicted octanol–water partition coefficient (Wildman–Crippen LogP) is 3.21. The maximum absolute atomic E-state index is 12.4. The third-order valence-electron chi connectivity index (χ3n) is 3.94. The summed E-state index contributed by atoms with van der Waals surface area (Å²) in [5, 5.41) is 9.67. The van der Waals surface area contributed by atoms with Crippen molar-refractivity contribution in [3.05, 3.63) is 40.2 Å². The molecule has 0 spiro atoms. The van der Waals surface area contributed by atoms with Crippen molar-refractivity contribution in [1.82, 2.24) is 4.57 Å². The van der Waals surface area contributed by atoms with Crippen LogP contribution in [0.15, 0.2) is 29.2 Å². The van der Waals surface area contributed by atoms with Crippen LogP contribution in [0.5, 0.6) is 5.75 Å². The predicted molar refractivity (Wildman–Crippen MR) is 83.8 cm³/mol. The molecule has 5 nitrogen and oxygen atoms in total. The molecular formula is C17H19NO4. The van der Waals surface area contributed by atoms with Crippen LogP contribution in [-0.4, -0.2) is 22.2 Å². The van der Waals surface area contributed by atoms with Gasteiger partial charge in [-0.2, -0.15) is 0 Å². The van der Waals surface area contributed by atoms with Crippen molar-refractivity contribution in [3.8, 4) is 5.75 Å². The summed E-state index contributed by atoms with van der Waals surface area (Å²) in [5.41, 5.74) is 0.158. The fourth-order valence-corrected chi connectivity index (χ4v) is 2.57. The first kappa shape index (κ1) is 14.6. The van der Waals surface area contributed by atoms with Gasteiger partial charge >= 0.3 is 5.97 Å². The summed E-state index contributed by atoms with van der Waals surface area (Å²) in [7, 11) is 0. The molecule has 1 aliphatic carbocycles. The van der Waals surface area contributed by atoms with Crippen LogP contribution in [0.25, 0.3) is 10.9 Å². The van der Waals surface area contributed by atoms with Gasteiger partial charge in [-0.1, -0.05) is 13.3 Å². The zero-order chi connectivity index (χ0) is 15.7. The SMILES string of the molecule is CCCCOc1ccc2c(c1)c(=O)c(C(=O)O)cn2C1CC1. The number of carbonyl (C=O) groups is 1. The van der Waals surface area contributed by atoms with Crippen molar-refractivity contribution < 1.29 is 14.6 Å². The Morgan fingerprint density at radius 2 is 2.18 bits per heavy atom. The number of nitrogens with zero attached hydrogens (tertiary/aromatic N) is 1. The Balaban J connectivity index is 2.11. The van der Waals surface area contributed by atoms with E-state index in [1.54, 1.807) is 6.07 Å². The molecule has 0 amide bonds. The highest BCUT2D eigenvalue weighted by Crippen LogP contribution is 2.37. The molecule has 2 aromatic rings. The van der Waals surface area contributed by atoms with Crippen LogP contribution in [0.1, 0.15) is 49.0 Å². The number of fused-ring (bicyclic) bond motifs is 1. The highest BCUT2D eigenvalue weighted by atomic mass is 16.5. The summed E-state index contributed by atoms with van der Waals surface area (Å²) in [4.78, 5) is 23.7. The molecule has 116 valence electrons. The van der Waals surface area contributed by atoms with Crippen molar-refractivity contribution in [1.29, 1.82) is 0 Å². The van der Waals surface area contributed by atoms with Gasteiger partial charge in [0.1, 0.15) is 11.3 Å². The van der Waals surface area contributed by atoms with Gasteiger partial charge in [0.25, 0.3) is 0 Å². The second-order valence-corrected chi connectivity index (χ2v) is 5.70. The minimum Gasteiger partial charge on any atom is -0.494 e. The molecule has 1 heterocycles. The highest BCUT2D eigenvalue weighted by molar-refractivity contribution is 5.93. The van der Waals surface area contributed by atoms with E-state index in [0.29, 0.717) is 23.8 Å². The van der Waals surface area contributed by atoms with Gasteiger partial charge in [0.15, 0.2) is 0 Å². The van der Waals surface area contributed by atoms with Crippen molar-refractivity contribution in [2.75, 3.05) is 6.61 Å². The lowest BCUT2D eigenvalue weighted by atomic mass is 10.1. The largest absolute Gasteiger partial charge is 0.494 e. The fourth-order valence-electron chi connectivity index (χ4n) is 2.57. The Bertz CT molecular complexity index is 774. The Hall–Kier alpha value is -2.30. The van der Waals surface area contributed by atoms with E-state index in [-0.39, 0.29) is 5.56 Å². The van der Waals surface area contributed by atoms with E-state index in [2.05, 4.69) is 6.92 Å². The van der Waals surface area contributed by atoms with Crippen LogP contribution in [0.4, 0.5) is 0 Å². The fraction of sp³-hybridized carbons (Fsp3) is 0.412. The van der Waals surface area contributed by atoms with E-state index < -0.39 is 11.4 Å². The summed E-state index contributed by atoms with van der Waals surface area (Å²) < 4.78 is 7.54. The van der Waals surface area contributed by atoms with Crippen LogP contribution < -0.4 is 10.2 Å². The van der Waals surface area contributed by atoms with Gasteiger partial charge in [-0.05, 0) is 37.5 Å². The first-order valence-electron chi connectivity index (χ1n) is 7.66. The number of rotatable bonds is 6. The molecule has 1 saturated carbocycles. The average molecular weight is 301 g/mol. The molecule has 0 saturated heterocycles. The maximum Gasteiger partial charge on any atom is 0.341 e. The van der Waals surface area contributed by atoms with Gasteiger partial charge in [0, 0.05) is 12.2 Å². The summed E-state index contributed by atoms with van der Waals surface area (Å²) in [6, 6.07) is 5.66. The molecule has 5 heteroatoms. The second kappa shape index (κ2) is 5.83. The van der Waals surface area contributed by atoms with Crippen LogP contribution in [0, 0.1) is 0 Å². The van der Waals surface area contributed by atoms with Gasteiger partial charge in [-0.3, -0.25) is 4.79 Å². The monoisotopic (exact) mass is 301 g/mol. The van der Waals surface area contributed by atoms with E-state index in [0.717, 1.165) is 31.2 Å². The molecular weight excluding hydrogens is 282 g/mol. The minimum absolute atomic E-state index is 0.176. The molecule has 22 heavy (non-hydrogen) atoms. The first-order valence-corrected chi connectivity index (χ1v) is 7.66. The smallest absolute Gasteiger partial charge is 0.341 e. The number of aromatic carboxylic acids is 1. The van der Waals surface area contributed by atoms with Crippen molar-refractivity contribution >= 4 is 16.9 Å². The first-order chi connectivity index (χ1) is 10.6. The zero-order valence-corrected chi connectivity index (χ0v) is 12.5. The summed E-state index contributed by atoms with van der Waals surface area (Å²) in [5.74, 6) is -0.568. The third kappa shape index (κ3) is 2.71.